The van der Waals surface area contributed by atoms with Gasteiger partial charge in [-0.2, -0.15) is 0 Å². The molecule has 2 aromatic rings. The summed E-state index contributed by atoms with van der Waals surface area (Å²) in [6.45, 7) is 3.40. The summed E-state index contributed by atoms with van der Waals surface area (Å²) in [5.74, 6) is -0.279. The topological polar surface area (TPSA) is 46.2 Å². The molecule has 0 spiro atoms. The van der Waals surface area contributed by atoms with E-state index in [1.165, 1.54) is 6.92 Å². The summed E-state index contributed by atoms with van der Waals surface area (Å²) in [7, 11) is 0. The van der Waals surface area contributed by atoms with Crippen LogP contribution in [0.1, 0.15) is 33.2 Å². The maximum absolute atomic E-state index is 12.1. The summed E-state index contributed by atoms with van der Waals surface area (Å²) in [5.41, 5.74) is 2.64. The summed E-state index contributed by atoms with van der Waals surface area (Å²) in [5, 5.41) is 2.78. The molecule has 0 heterocycles. The second-order valence-electron chi connectivity index (χ2n) is 4.43. The van der Waals surface area contributed by atoms with Gasteiger partial charge >= 0.3 is 0 Å². The molecule has 0 aliphatic carbocycles. The van der Waals surface area contributed by atoms with Crippen LogP contribution in [0, 0.1) is 6.92 Å². The van der Waals surface area contributed by atoms with Gasteiger partial charge < -0.3 is 5.32 Å². The van der Waals surface area contributed by atoms with Crippen LogP contribution in [0.3, 0.4) is 0 Å². The van der Waals surface area contributed by atoms with Crippen molar-refractivity contribution in [1.29, 1.82) is 0 Å². The highest BCUT2D eigenvalue weighted by Crippen LogP contribution is 2.19. The summed E-state index contributed by atoms with van der Waals surface area (Å²) < 4.78 is 0. The predicted octanol–water partition coefficient (Wildman–Crippen LogP) is 3.45. The van der Waals surface area contributed by atoms with Crippen LogP contribution in [0.4, 0.5) is 5.69 Å². The Kier molecular flexibility index (Phi) is 3.76. The second kappa shape index (κ2) is 5.48. The number of nitrogens with one attached hydrogen (secondary N) is 1. The van der Waals surface area contributed by atoms with Crippen molar-refractivity contribution in [2.24, 2.45) is 0 Å². The average molecular weight is 253 g/mol. The van der Waals surface area contributed by atoms with Crippen LogP contribution < -0.4 is 5.32 Å². The van der Waals surface area contributed by atoms with E-state index in [2.05, 4.69) is 5.32 Å². The number of ketones is 1. The smallest absolute Gasteiger partial charge is 0.255 e. The van der Waals surface area contributed by atoms with Crippen molar-refractivity contribution < 1.29 is 9.59 Å². The van der Waals surface area contributed by atoms with Crippen LogP contribution in [0.2, 0.25) is 0 Å². The highest BCUT2D eigenvalue weighted by atomic mass is 16.1. The van der Waals surface area contributed by atoms with Gasteiger partial charge in [0.05, 0.1) is 5.69 Å². The Labute approximate surface area is 112 Å². The first-order chi connectivity index (χ1) is 9.08. The molecular formula is C16H15NO2. The summed E-state index contributed by atoms with van der Waals surface area (Å²) in [6, 6.07) is 14.3. The summed E-state index contributed by atoms with van der Waals surface area (Å²) in [6.07, 6.45) is 0. The van der Waals surface area contributed by atoms with Gasteiger partial charge in [0.2, 0.25) is 0 Å². The number of Topliss-reactive ketones (excluding diaryl/α,β-unsaturated/α-hetero) is 1. The van der Waals surface area contributed by atoms with Crippen LogP contribution in [0.25, 0.3) is 0 Å². The molecule has 0 saturated heterocycles. The summed E-state index contributed by atoms with van der Waals surface area (Å²) >= 11 is 0. The molecule has 19 heavy (non-hydrogen) atoms. The largest absolute Gasteiger partial charge is 0.321 e. The van der Waals surface area contributed by atoms with Gasteiger partial charge in [0.15, 0.2) is 5.78 Å². The third kappa shape index (κ3) is 3.07. The third-order valence-electron chi connectivity index (χ3n) is 2.84. The van der Waals surface area contributed by atoms with E-state index in [-0.39, 0.29) is 11.7 Å². The highest BCUT2D eigenvalue weighted by molar-refractivity contribution is 6.09. The number of rotatable bonds is 3. The lowest BCUT2D eigenvalue weighted by Gasteiger charge is -2.10. The van der Waals surface area contributed by atoms with E-state index in [1.807, 2.05) is 19.1 Å². The van der Waals surface area contributed by atoms with Crippen molar-refractivity contribution >= 4 is 17.4 Å². The molecule has 2 aromatic carbocycles. The number of anilines is 1. The number of aryl methyl sites for hydroxylation is 1. The van der Waals surface area contributed by atoms with Crippen molar-refractivity contribution in [3.63, 3.8) is 0 Å². The number of carbonyl (C=O) groups is 2. The Morgan fingerprint density at radius 1 is 1.00 bits per heavy atom. The first-order valence-corrected chi connectivity index (χ1v) is 6.06. The van der Waals surface area contributed by atoms with Crippen LogP contribution in [-0.2, 0) is 0 Å². The molecule has 96 valence electrons. The SMILES string of the molecule is CC(=O)c1cc(C)ccc1NC(=O)c1ccccc1. The van der Waals surface area contributed by atoms with Crippen molar-refractivity contribution in [2.45, 2.75) is 13.8 Å². The van der Waals surface area contributed by atoms with Gasteiger partial charge in [-0.3, -0.25) is 9.59 Å². The Bertz CT molecular complexity index is 618. The lowest BCUT2D eigenvalue weighted by molar-refractivity contribution is 0.101. The molecular weight excluding hydrogens is 238 g/mol. The van der Waals surface area contributed by atoms with Crippen molar-refractivity contribution in [3.05, 3.63) is 65.2 Å². The lowest BCUT2D eigenvalue weighted by atomic mass is 10.1. The lowest BCUT2D eigenvalue weighted by Crippen LogP contribution is -2.14. The minimum atomic E-state index is -0.216. The van der Waals surface area contributed by atoms with Crippen molar-refractivity contribution in [3.8, 4) is 0 Å². The maximum atomic E-state index is 12.1. The standard InChI is InChI=1S/C16H15NO2/c1-11-8-9-15(14(10-11)12(2)18)17-16(19)13-6-4-3-5-7-13/h3-10H,1-2H3,(H,17,19). The molecule has 0 aliphatic rings. The van der Waals surface area contributed by atoms with Gasteiger partial charge in [-0.25, -0.2) is 0 Å². The van der Waals surface area contributed by atoms with Gasteiger partial charge in [-0.15, -0.1) is 0 Å². The zero-order valence-electron chi connectivity index (χ0n) is 10.9. The molecule has 0 aliphatic heterocycles. The first kappa shape index (κ1) is 13.0. The minimum Gasteiger partial charge on any atom is -0.321 e. The van der Waals surface area contributed by atoms with E-state index in [1.54, 1.807) is 36.4 Å². The van der Waals surface area contributed by atoms with Gasteiger partial charge in [0, 0.05) is 11.1 Å². The number of hydrogen-bond donors (Lipinski definition) is 1. The Balaban J connectivity index is 2.29. The van der Waals surface area contributed by atoms with Crippen molar-refractivity contribution in [1.82, 2.24) is 0 Å². The maximum Gasteiger partial charge on any atom is 0.255 e. The molecule has 0 atom stereocenters. The van der Waals surface area contributed by atoms with E-state index in [0.717, 1.165) is 5.56 Å². The molecule has 0 radical (unpaired) electrons. The fraction of sp³-hybridized carbons (Fsp3) is 0.125. The number of amides is 1. The van der Waals surface area contributed by atoms with E-state index in [4.69, 9.17) is 0 Å². The van der Waals surface area contributed by atoms with Crippen LogP contribution in [0.15, 0.2) is 48.5 Å². The van der Waals surface area contributed by atoms with E-state index >= 15 is 0 Å². The van der Waals surface area contributed by atoms with Gasteiger partial charge in [-0.1, -0.05) is 29.8 Å². The number of hydrogen-bond acceptors (Lipinski definition) is 2. The predicted molar refractivity (Wildman–Crippen MR) is 75.6 cm³/mol. The third-order valence-corrected chi connectivity index (χ3v) is 2.84. The molecule has 0 unspecified atom stereocenters. The number of benzene rings is 2. The molecule has 1 N–H and O–H groups in total. The zero-order chi connectivity index (χ0) is 13.8. The van der Waals surface area contributed by atoms with Crippen LogP contribution >= 0.6 is 0 Å². The Hall–Kier alpha value is -2.42. The molecule has 3 nitrogen and oxygen atoms in total. The molecule has 0 fully saturated rings. The minimum absolute atomic E-state index is 0.0629. The van der Waals surface area contributed by atoms with Gasteiger partial charge in [-0.05, 0) is 38.1 Å². The zero-order valence-corrected chi connectivity index (χ0v) is 10.9. The van der Waals surface area contributed by atoms with E-state index < -0.39 is 0 Å². The Morgan fingerprint density at radius 2 is 1.68 bits per heavy atom. The fourth-order valence-corrected chi connectivity index (χ4v) is 1.84. The van der Waals surface area contributed by atoms with E-state index in [9.17, 15) is 9.59 Å². The van der Waals surface area contributed by atoms with Crippen molar-refractivity contribution in [2.75, 3.05) is 5.32 Å². The van der Waals surface area contributed by atoms with Crippen LogP contribution in [0.5, 0.6) is 0 Å². The first-order valence-electron chi connectivity index (χ1n) is 6.06. The molecule has 1 amide bonds. The van der Waals surface area contributed by atoms with E-state index in [0.29, 0.717) is 16.8 Å². The van der Waals surface area contributed by atoms with Crippen LogP contribution in [-0.4, -0.2) is 11.7 Å². The highest BCUT2D eigenvalue weighted by Gasteiger charge is 2.11. The Morgan fingerprint density at radius 3 is 2.32 bits per heavy atom. The average Bonchev–Trinajstić information content (AvgIpc) is 2.41. The molecule has 0 aromatic heterocycles. The second-order valence-corrected chi connectivity index (χ2v) is 4.43. The van der Waals surface area contributed by atoms with Gasteiger partial charge in [0.1, 0.15) is 0 Å². The molecule has 2 rings (SSSR count). The fourth-order valence-electron chi connectivity index (χ4n) is 1.84. The summed E-state index contributed by atoms with van der Waals surface area (Å²) in [4.78, 5) is 23.6. The number of carbonyl (C=O) groups excluding carboxylic acids is 2. The molecule has 0 bridgehead atoms. The molecule has 0 saturated carbocycles. The van der Waals surface area contributed by atoms with Gasteiger partial charge in [0.25, 0.3) is 5.91 Å². The monoisotopic (exact) mass is 253 g/mol. The quantitative estimate of drug-likeness (QED) is 0.851. The normalized spacial score (nSPS) is 10.0. The molecule has 3 heteroatoms.